The number of nitrogens with one attached hydrogen (secondary N) is 1. The van der Waals surface area contributed by atoms with E-state index < -0.39 is 0 Å². The van der Waals surface area contributed by atoms with Crippen LogP contribution in [0, 0.1) is 5.92 Å². The number of nitrogens with zero attached hydrogens (tertiary/aromatic N) is 1. The number of hydrogen-bond acceptors (Lipinski definition) is 3. The summed E-state index contributed by atoms with van der Waals surface area (Å²) in [5, 5.41) is 3.25. The molecule has 1 aliphatic carbocycles. The lowest BCUT2D eigenvalue weighted by Crippen LogP contribution is -2.40. The van der Waals surface area contributed by atoms with Crippen LogP contribution in [-0.4, -0.2) is 43.3 Å². The predicted octanol–water partition coefficient (Wildman–Crippen LogP) is 1.60. The van der Waals surface area contributed by atoms with Crippen molar-refractivity contribution < 1.29 is 4.74 Å². The largest absolute Gasteiger partial charge is 0.381 e. The van der Waals surface area contributed by atoms with E-state index >= 15 is 0 Å². The lowest BCUT2D eigenvalue weighted by Gasteiger charge is -2.34. The molecule has 0 aromatic heterocycles. The van der Waals surface area contributed by atoms with Crippen molar-refractivity contribution in [2.45, 2.75) is 36.9 Å². The number of aliphatic imine (C=N–C) groups is 1. The van der Waals surface area contributed by atoms with E-state index in [1.54, 1.807) is 0 Å². The van der Waals surface area contributed by atoms with Crippen molar-refractivity contribution in [2.24, 2.45) is 16.6 Å². The van der Waals surface area contributed by atoms with Gasteiger partial charge in [-0.3, -0.25) is 4.99 Å². The van der Waals surface area contributed by atoms with Gasteiger partial charge < -0.3 is 15.8 Å². The number of ether oxygens (including phenoxy) is 1. The normalized spacial score (nSPS) is 24.6. The maximum Gasteiger partial charge on any atom is 0.188 e. The van der Waals surface area contributed by atoms with Gasteiger partial charge >= 0.3 is 0 Å². The molecule has 0 aromatic carbocycles. The number of rotatable bonds is 5. The van der Waals surface area contributed by atoms with Crippen molar-refractivity contribution in [3.8, 4) is 0 Å². The van der Waals surface area contributed by atoms with Crippen molar-refractivity contribution in [1.29, 1.82) is 0 Å². The molecule has 1 heterocycles. The van der Waals surface area contributed by atoms with Crippen molar-refractivity contribution in [3.05, 3.63) is 0 Å². The molecule has 104 valence electrons. The van der Waals surface area contributed by atoms with Gasteiger partial charge in [-0.1, -0.05) is 6.42 Å². The molecule has 5 heteroatoms. The van der Waals surface area contributed by atoms with E-state index in [4.69, 9.17) is 10.5 Å². The molecule has 0 spiro atoms. The van der Waals surface area contributed by atoms with Gasteiger partial charge in [-0.15, -0.1) is 0 Å². The highest BCUT2D eigenvalue weighted by Gasteiger charge is 2.31. The Bertz CT molecular complexity index is 286. The summed E-state index contributed by atoms with van der Waals surface area (Å²) < 4.78 is 5.66. The van der Waals surface area contributed by atoms with Crippen LogP contribution in [0.2, 0.25) is 0 Å². The first-order valence-corrected chi connectivity index (χ1v) is 8.13. The standard InChI is InChI=1S/C13H25N3OS/c1-18-13(5-7-17-8-6-13)10-16-12(14)15-9-11-3-2-4-11/h11H,2-10H2,1H3,(H3,14,15,16). The van der Waals surface area contributed by atoms with Gasteiger partial charge in [0.05, 0.1) is 6.54 Å². The van der Waals surface area contributed by atoms with Crippen molar-refractivity contribution in [2.75, 3.05) is 32.6 Å². The zero-order valence-electron chi connectivity index (χ0n) is 11.3. The Labute approximate surface area is 114 Å². The highest BCUT2D eigenvalue weighted by atomic mass is 32.2. The summed E-state index contributed by atoms with van der Waals surface area (Å²) in [6.45, 7) is 3.50. The first kappa shape index (κ1) is 14.0. The second-order valence-corrected chi connectivity index (χ2v) is 6.65. The molecule has 1 saturated heterocycles. The third-order valence-corrected chi connectivity index (χ3v) is 5.57. The molecule has 18 heavy (non-hydrogen) atoms. The third kappa shape index (κ3) is 3.79. The minimum absolute atomic E-state index is 0.237. The predicted molar refractivity (Wildman–Crippen MR) is 78.1 cm³/mol. The highest BCUT2D eigenvalue weighted by molar-refractivity contribution is 8.00. The molecular formula is C13H25N3OS. The molecule has 0 aromatic rings. The molecule has 2 aliphatic rings. The summed E-state index contributed by atoms with van der Waals surface area (Å²) in [4.78, 5) is 4.53. The lowest BCUT2D eigenvalue weighted by atomic mass is 9.85. The summed E-state index contributed by atoms with van der Waals surface area (Å²) in [5.41, 5.74) is 5.93. The first-order valence-electron chi connectivity index (χ1n) is 6.91. The van der Waals surface area contributed by atoms with Crippen LogP contribution < -0.4 is 11.1 Å². The monoisotopic (exact) mass is 271 g/mol. The maximum absolute atomic E-state index is 5.93. The zero-order valence-corrected chi connectivity index (χ0v) is 12.1. The Kier molecular flexibility index (Phi) is 5.18. The van der Waals surface area contributed by atoms with Gasteiger partial charge in [0, 0.05) is 24.5 Å². The van der Waals surface area contributed by atoms with Crippen LogP contribution in [0.25, 0.3) is 0 Å². The van der Waals surface area contributed by atoms with E-state index in [-0.39, 0.29) is 4.75 Å². The number of hydrogen-bond donors (Lipinski definition) is 2. The molecule has 0 radical (unpaired) electrons. The van der Waals surface area contributed by atoms with Gasteiger partial charge in [-0.25, -0.2) is 0 Å². The van der Waals surface area contributed by atoms with Gasteiger partial charge in [0.2, 0.25) is 0 Å². The highest BCUT2D eigenvalue weighted by Crippen LogP contribution is 2.33. The fourth-order valence-corrected chi connectivity index (χ4v) is 3.17. The molecule has 0 amide bonds. The molecule has 0 unspecified atom stereocenters. The van der Waals surface area contributed by atoms with Crippen molar-refractivity contribution in [3.63, 3.8) is 0 Å². The van der Waals surface area contributed by atoms with E-state index in [1.807, 2.05) is 11.8 Å². The van der Waals surface area contributed by atoms with E-state index in [2.05, 4.69) is 16.6 Å². The van der Waals surface area contributed by atoms with Gasteiger partial charge in [0.1, 0.15) is 0 Å². The minimum Gasteiger partial charge on any atom is -0.381 e. The second kappa shape index (κ2) is 6.66. The smallest absolute Gasteiger partial charge is 0.188 e. The van der Waals surface area contributed by atoms with Crippen molar-refractivity contribution in [1.82, 2.24) is 5.32 Å². The summed E-state index contributed by atoms with van der Waals surface area (Å²) in [6, 6.07) is 0. The summed E-state index contributed by atoms with van der Waals surface area (Å²) >= 11 is 1.90. The topological polar surface area (TPSA) is 59.6 Å². The minimum atomic E-state index is 0.237. The molecule has 1 saturated carbocycles. The Morgan fingerprint density at radius 1 is 1.44 bits per heavy atom. The Balaban J connectivity index is 1.75. The van der Waals surface area contributed by atoms with Crippen LogP contribution in [-0.2, 0) is 4.74 Å². The Hall–Kier alpha value is -0.420. The van der Waals surface area contributed by atoms with Gasteiger partial charge in [0.15, 0.2) is 5.96 Å². The molecule has 0 bridgehead atoms. The molecule has 0 atom stereocenters. The lowest BCUT2D eigenvalue weighted by molar-refractivity contribution is 0.0794. The van der Waals surface area contributed by atoms with Crippen LogP contribution in [0.15, 0.2) is 4.99 Å². The number of guanidine groups is 1. The molecule has 1 aliphatic heterocycles. The Morgan fingerprint density at radius 3 is 2.72 bits per heavy atom. The van der Waals surface area contributed by atoms with E-state index in [0.717, 1.165) is 45.1 Å². The molecular weight excluding hydrogens is 246 g/mol. The number of thioether (sulfide) groups is 1. The van der Waals surface area contributed by atoms with Crippen LogP contribution in [0.4, 0.5) is 0 Å². The number of nitrogens with two attached hydrogens (primary N) is 1. The third-order valence-electron chi connectivity index (χ3n) is 4.17. The van der Waals surface area contributed by atoms with E-state index in [0.29, 0.717) is 5.96 Å². The average Bonchev–Trinajstić information content (AvgIpc) is 2.36. The second-order valence-electron chi connectivity index (χ2n) is 5.38. The average molecular weight is 271 g/mol. The first-order chi connectivity index (χ1) is 8.74. The van der Waals surface area contributed by atoms with Crippen LogP contribution in [0.5, 0.6) is 0 Å². The maximum atomic E-state index is 5.93. The van der Waals surface area contributed by atoms with E-state index in [1.165, 1.54) is 19.3 Å². The summed E-state index contributed by atoms with van der Waals surface area (Å²) in [7, 11) is 0. The summed E-state index contributed by atoms with van der Waals surface area (Å²) in [6.07, 6.45) is 8.37. The Morgan fingerprint density at radius 2 is 2.17 bits per heavy atom. The van der Waals surface area contributed by atoms with E-state index in [9.17, 15) is 0 Å². The van der Waals surface area contributed by atoms with Crippen molar-refractivity contribution >= 4 is 17.7 Å². The fraction of sp³-hybridized carbons (Fsp3) is 0.923. The zero-order chi connectivity index (χ0) is 12.8. The fourth-order valence-electron chi connectivity index (χ4n) is 2.40. The SMILES string of the molecule is CSC1(CN=C(N)NCC2CCC2)CCOCC1. The van der Waals surface area contributed by atoms with Gasteiger partial charge in [-0.2, -0.15) is 11.8 Å². The summed E-state index contributed by atoms with van der Waals surface area (Å²) in [5.74, 6) is 1.43. The van der Waals surface area contributed by atoms with Crippen LogP contribution in [0.1, 0.15) is 32.1 Å². The van der Waals surface area contributed by atoms with Crippen LogP contribution >= 0.6 is 11.8 Å². The molecule has 2 rings (SSSR count). The molecule has 4 nitrogen and oxygen atoms in total. The molecule has 3 N–H and O–H groups in total. The van der Waals surface area contributed by atoms with Gasteiger partial charge in [-0.05, 0) is 37.9 Å². The van der Waals surface area contributed by atoms with Gasteiger partial charge in [0.25, 0.3) is 0 Å². The molecule has 2 fully saturated rings. The quantitative estimate of drug-likeness (QED) is 0.589. The van der Waals surface area contributed by atoms with Crippen LogP contribution in [0.3, 0.4) is 0 Å².